The zero-order chi connectivity index (χ0) is 13.1. The summed E-state index contributed by atoms with van der Waals surface area (Å²) >= 11 is 1.59. The van der Waals surface area contributed by atoms with Crippen molar-refractivity contribution >= 4 is 23.6 Å². The van der Waals surface area contributed by atoms with Crippen LogP contribution in [0, 0.1) is 17.8 Å². The number of carboxylic acid groups (broad SMARTS) is 1. The molecule has 5 heteroatoms. The van der Waals surface area contributed by atoms with Crippen LogP contribution in [0.4, 0.5) is 0 Å². The predicted molar refractivity (Wildman–Crippen MR) is 71.4 cm³/mol. The van der Waals surface area contributed by atoms with Gasteiger partial charge in [-0.25, -0.2) is 4.79 Å². The van der Waals surface area contributed by atoms with Crippen LogP contribution in [0.25, 0.3) is 0 Å². The normalized spacial score (nSPS) is 30.4. The third kappa shape index (κ3) is 2.88. The number of carboxylic acids is 1. The molecule has 3 unspecified atom stereocenters. The molecule has 18 heavy (non-hydrogen) atoms. The van der Waals surface area contributed by atoms with E-state index in [1.54, 1.807) is 11.8 Å². The Labute approximate surface area is 111 Å². The van der Waals surface area contributed by atoms with Crippen molar-refractivity contribution in [3.05, 3.63) is 12.2 Å². The van der Waals surface area contributed by atoms with Crippen molar-refractivity contribution in [3.63, 3.8) is 0 Å². The van der Waals surface area contributed by atoms with Gasteiger partial charge >= 0.3 is 5.97 Å². The van der Waals surface area contributed by atoms with Gasteiger partial charge in [-0.15, -0.1) is 0 Å². The molecule has 0 aromatic carbocycles. The van der Waals surface area contributed by atoms with Crippen molar-refractivity contribution in [3.8, 4) is 0 Å². The Kier molecular flexibility index (Phi) is 4.32. The largest absolute Gasteiger partial charge is 0.480 e. The molecule has 1 amide bonds. The number of thioether (sulfide) groups is 1. The molecule has 100 valence electrons. The first-order chi connectivity index (χ1) is 8.61. The molecule has 4 atom stereocenters. The molecule has 2 aliphatic rings. The zero-order valence-corrected chi connectivity index (χ0v) is 11.3. The molecule has 0 aliphatic heterocycles. The Morgan fingerprint density at radius 2 is 2.22 bits per heavy atom. The number of hydrogen-bond donors (Lipinski definition) is 2. The lowest BCUT2D eigenvalue weighted by Gasteiger charge is -2.21. The van der Waals surface area contributed by atoms with E-state index in [1.807, 2.05) is 6.26 Å². The molecule has 0 aromatic rings. The Morgan fingerprint density at radius 3 is 2.72 bits per heavy atom. The van der Waals surface area contributed by atoms with Crippen LogP contribution in [-0.4, -0.2) is 35.0 Å². The lowest BCUT2D eigenvalue weighted by Crippen LogP contribution is -2.44. The first kappa shape index (κ1) is 13.5. The fourth-order valence-electron chi connectivity index (χ4n) is 2.85. The van der Waals surface area contributed by atoms with Gasteiger partial charge < -0.3 is 10.4 Å². The second kappa shape index (κ2) is 5.78. The smallest absolute Gasteiger partial charge is 0.326 e. The fourth-order valence-corrected chi connectivity index (χ4v) is 3.33. The lowest BCUT2D eigenvalue weighted by atomic mass is 9.92. The monoisotopic (exact) mass is 269 g/mol. The molecule has 0 heterocycles. The van der Waals surface area contributed by atoms with Gasteiger partial charge in [0.1, 0.15) is 6.04 Å². The summed E-state index contributed by atoms with van der Waals surface area (Å²) in [7, 11) is 0. The van der Waals surface area contributed by atoms with Crippen molar-refractivity contribution in [1.29, 1.82) is 0 Å². The average Bonchev–Trinajstić information content (AvgIpc) is 2.95. The molecule has 2 aliphatic carbocycles. The number of nitrogens with one attached hydrogen (secondary N) is 1. The molecule has 0 saturated heterocycles. The molecule has 1 saturated carbocycles. The van der Waals surface area contributed by atoms with E-state index >= 15 is 0 Å². The number of aliphatic carboxylic acids is 1. The molecule has 2 rings (SSSR count). The lowest BCUT2D eigenvalue weighted by molar-refractivity contribution is -0.142. The van der Waals surface area contributed by atoms with E-state index in [4.69, 9.17) is 5.11 Å². The summed E-state index contributed by atoms with van der Waals surface area (Å²) in [5.74, 6) is 0.561. The summed E-state index contributed by atoms with van der Waals surface area (Å²) in [6.45, 7) is 0. The summed E-state index contributed by atoms with van der Waals surface area (Å²) in [6, 6.07) is -0.743. The first-order valence-electron chi connectivity index (χ1n) is 6.32. The highest BCUT2D eigenvalue weighted by atomic mass is 32.2. The van der Waals surface area contributed by atoms with Gasteiger partial charge in [0.25, 0.3) is 0 Å². The maximum absolute atomic E-state index is 12.1. The topological polar surface area (TPSA) is 66.4 Å². The molecule has 4 nitrogen and oxygen atoms in total. The second-order valence-corrected chi connectivity index (χ2v) is 6.05. The van der Waals surface area contributed by atoms with Crippen LogP contribution in [0.3, 0.4) is 0 Å². The summed E-state index contributed by atoms with van der Waals surface area (Å²) in [5, 5.41) is 11.8. The first-order valence-corrected chi connectivity index (χ1v) is 7.71. The molecular formula is C13H19NO3S. The highest BCUT2D eigenvalue weighted by Crippen LogP contribution is 2.43. The van der Waals surface area contributed by atoms with Gasteiger partial charge in [0.05, 0.1) is 0 Å². The van der Waals surface area contributed by atoms with Crippen molar-refractivity contribution in [2.24, 2.45) is 17.8 Å². The Morgan fingerprint density at radius 1 is 1.44 bits per heavy atom. The van der Waals surface area contributed by atoms with Crippen LogP contribution in [0.1, 0.15) is 19.3 Å². The van der Waals surface area contributed by atoms with E-state index in [9.17, 15) is 9.59 Å². The Bertz CT molecular complexity index is 369. The van der Waals surface area contributed by atoms with Crippen molar-refractivity contribution in [2.45, 2.75) is 25.3 Å². The summed E-state index contributed by atoms with van der Waals surface area (Å²) in [6.07, 6.45) is 8.63. The zero-order valence-electron chi connectivity index (χ0n) is 10.5. The minimum absolute atomic E-state index is 0.0175. The van der Waals surface area contributed by atoms with Gasteiger partial charge in [-0.05, 0) is 43.1 Å². The van der Waals surface area contributed by atoms with Crippen molar-refractivity contribution < 1.29 is 14.7 Å². The van der Waals surface area contributed by atoms with Gasteiger partial charge in [-0.2, -0.15) is 11.8 Å². The van der Waals surface area contributed by atoms with E-state index in [2.05, 4.69) is 17.5 Å². The maximum Gasteiger partial charge on any atom is 0.326 e. The van der Waals surface area contributed by atoms with E-state index in [0.29, 0.717) is 18.3 Å². The number of fused-ring (bicyclic) bond motifs is 2. The molecule has 2 bridgehead atoms. The number of amides is 1. The number of rotatable bonds is 6. The summed E-state index contributed by atoms with van der Waals surface area (Å²) < 4.78 is 0. The minimum Gasteiger partial charge on any atom is -0.480 e. The molecule has 2 N–H and O–H groups in total. The number of carbonyl (C=O) groups excluding carboxylic acids is 1. The fraction of sp³-hybridized carbons (Fsp3) is 0.692. The average molecular weight is 269 g/mol. The Hall–Kier alpha value is -0.970. The van der Waals surface area contributed by atoms with Gasteiger partial charge in [0, 0.05) is 5.92 Å². The van der Waals surface area contributed by atoms with Gasteiger partial charge in [-0.3, -0.25) is 4.79 Å². The molecule has 0 aromatic heterocycles. The highest BCUT2D eigenvalue weighted by Gasteiger charge is 2.40. The van der Waals surface area contributed by atoms with Crippen molar-refractivity contribution in [2.75, 3.05) is 12.0 Å². The third-order valence-electron chi connectivity index (χ3n) is 3.84. The second-order valence-electron chi connectivity index (χ2n) is 5.07. The minimum atomic E-state index is -0.934. The number of carbonyl (C=O) groups is 2. The molecule has 1 fully saturated rings. The van der Waals surface area contributed by atoms with Crippen LogP contribution in [0.2, 0.25) is 0 Å². The SMILES string of the molecule is CSCC[C@H](NC(=O)C1CC2C=CC1C2)C(=O)O. The summed E-state index contributed by atoms with van der Waals surface area (Å²) in [4.78, 5) is 23.2. The van der Waals surface area contributed by atoms with Gasteiger partial charge in [0.2, 0.25) is 5.91 Å². The van der Waals surface area contributed by atoms with Crippen LogP contribution in [0.5, 0.6) is 0 Å². The quantitative estimate of drug-likeness (QED) is 0.718. The van der Waals surface area contributed by atoms with Crippen LogP contribution >= 0.6 is 11.8 Å². The standard InChI is InChI=1S/C13H19NO3S/c1-18-5-4-11(13(16)17)14-12(15)10-7-8-2-3-9(10)6-8/h2-3,8-11H,4-7H2,1H3,(H,14,15)(H,16,17)/t8?,9?,10?,11-/m0/s1. The van der Waals surface area contributed by atoms with E-state index in [0.717, 1.165) is 18.6 Å². The number of hydrogen-bond acceptors (Lipinski definition) is 3. The number of allylic oxidation sites excluding steroid dienone is 2. The van der Waals surface area contributed by atoms with E-state index in [-0.39, 0.29) is 11.8 Å². The highest BCUT2D eigenvalue weighted by molar-refractivity contribution is 7.98. The van der Waals surface area contributed by atoms with Gasteiger partial charge in [0.15, 0.2) is 0 Å². The predicted octanol–water partition coefficient (Wildman–Crippen LogP) is 1.52. The summed E-state index contributed by atoms with van der Waals surface area (Å²) in [5.41, 5.74) is 0. The van der Waals surface area contributed by atoms with Crippen LogP contribution < -0.4 is 5.32 Å². The van der Waals surface area contributed by atoms with Crippen molar-refractivity contribution in [1.82, 2.24) is 5.32 Å². The maximum atomic E-state index is 12.1. The van der Waals surface area contributed by atoms with E-state index < -0.39 is 12.0 Å². The molecule has 0 spiro atoms. The Balaban J connectivity index is 1.89. The van der Waals surface area contributed by atoms with Gasteiger partial charge in [-0.1, -0.05) is 12.2 Å². The molecular weight excluding hydrogens is 250 g/mol. The van der Waals surface area contributed by atoms with Crippen LogP contribution in [0.15, 0.2) is 12.2 Å². The molecule has 0 radical (unpaired) electrons. The third-order valence-corrected chi connectivity index (χ3v) is 4.48. The van der Waals surface area contributed by atoms with Crippen LogP contribution in [-0.2, 0) is 9.59 Å². The van der Waals surface area contributed by atoms with E-state index in [1.165, 1.54) is 0 Å².